The molecule has 0 saturated heterocycles. The molecule has 2 aromatic rings. The van der Waals surface area contributed by atoms with E-state index < -0.39 is 5.97 Å². The third kappa shape index (κ3) is 3.30. The molecule has 0 atom stereocenters. The predicted octanol–water partition coefficient (Wildman–Crippen LogP) is 2.77. The Morgan fingerprint density at radius 2 is 2.33 bits per heavy atom. The Bertz CT molecular complexity index is 537. The fourth-order valence-corrected chi connectivity index (χ4v) is 2.24. The van der Waals surface area contributed by atoms with Gasteiger partial charge in [-0.2, -0.15) is 0 Å². The summed E-state index contributed by atoms with van der Waals surface area (Å²) in [5, 5.41) is 10.9. The summed E-state index contributed by atoms with van der Waals surface area (Å²) in [6.45, 7) is 2.24. The average Bonchev–Trinajstić information content (AvgIpc) is 2.81. The number of aromatic carboxylic acids is 1. The number of rotatable bonds is 5. The van der Waals surface area contributed by atoms with E-state index in [1.807, 2.05) is 17.5 Å². The van der Waals surface area contributed by atoms with E-state index >= 15 is 0 Å². The van der Waals surface area contributed by atoms with Crippen molar-refractivity contribution in [3.05, 3.63) is 45.8 Å². The Morgan fingerprint density at radius 1 is 1.50 bits per heavy atom. The van der Waals surface area contributed by atoms with Crippen molar-refractivity contribution in [1.82, 2.24) is 4.98 Å². The minimum absolute atomic E-state index is 0.202. The molecule has 0 radical (unpaired) electrons. The molecule has 5 heteroatoms. The van der Waals surface area contributed by atoms with E-state index in [2.05, 4.69) is 4.98 Å². The van der Waals surface area contributed by atoms with Crippen LogP contribution < -0.4 is 4.74 Å². The van der Waals surface area contributed by atoms with Crippen LogP contribution >= 0.6 is 11.3 Å². The average molecular weight is 263 g/mol. The highest BCUT2D eigenvalue weighted by molar-refractivity contribution is 7.09. The van der Waals surface area contributed by atoms with E-state index in [1.54, 1.807) is 18.3 Å². The van der Waals surface area contributed by atoms with Crippen molar-refractivity contribution in [3.63, 3.8) is 0 Å². The van der Waals surface area contributed by atoms with Crippen LogP contribution in [-0.2, 0) is 6.42 Å². The smallest absolute Gasteiger partial charge is 0.335 e. The topological polar surface area (TPSA) is 59.4 Å². The molecule has 94 valence electrons. The first-order valence-corrected chi connectivity index (χ1v) is 6.40. The number of aryl methyl sites for hydroxylation is 1. The number of aromatic nitrogens is 1. The number of hydrogen-bond donors (Lipinski definition) is 1. The van der Waals surface area contributed by atoms with Gasteiger partial charge in [0.25, 0.3) is 0 Å². The predicted molar refractivity (Wildman–Crippen MR) is 69.5 cm³/mol. The fourth-order valence-electron chi connectivity index (χ4n) is 1.55. The molecule has 18 heavy (non-hydrogen) atoms. The van der Waals surface area contributed by atoms with Crippen molar-refractivity contribution in [2.24, 2.45) is 0 Å². The van der Waals surface area contributed by atoms with Gasteiger partial charge in [0.05, 0.1) is 12.2 Å². The van der Waals surface area contributed by atoms with Gasteiger partial charge < -0.3 is 9.84 Å². The highest BCUT2D eigenvalue weighted by Gasteiger charge is 2.07. The van der Waals surface area contributed by atoms with Crippen molar-refractivity contribution in [3.8, 4) is 5.88 Å². The Balaban J connectivity index is 1.98. The third-order valence-electron chi connectivity index (χ3n) is 2.36. The summed E-state index contributed by atoms with van der Waals surface area (Å²) < 4.78 is 5.48. The van der Waals surface area contributed by atoms with Gasteiger partial charge in [-0.25, -0.2) is 9.78 Å². The summed E-state index contributed by atoms with van der Waals surface area (Å²) in [7, 11) is 0. The largest absolute Gasteiger partial charge is 0.478 e. The minimum Gasteiger partial charge on any atom is -0.478 e. The standard InChI is InChI=1S/C13H13NO3S/c1-9-7-10(13(15)16)8-12(14-9)17-5-4-11-3-2-6-18-11/h2-3,6-8H,4-5H2,1H3,(H,15,16). The molecule has 0 aliphatic heterocycles. The molecule has 0 unspecified atom stereocenters. The van der Waals surface area contributed by atoms with E-state index in [1.165, 1.54) is 17.0 Å². The zero-order valence-corrected chi connectivity index (χ0v) is 10.7. The van der Waals surface area contributed by atoms with Gasteiger partial charge in [-0.1, -0.05) is 6.07 Å². The molecule has 4 nitrogen and oxygen atoms in total. The SMILES string of the molecule is Cc1cc(C(=O)O)cc(OCCc2cccs2)n1. The Labute approximate surface area is 109 Å². The number of hydrogen-bond acceptors (Lipinski definition) is 4. The van der Waals surface area contributed by atoms with Gasteiger partial charge in [-0.3, -0.25) is 0 Å². The molecule has 0 fully saturated rings. The van der Waals surface area contributed by atoms with Gasteiger partial charge in [-0.05, 0) is 24.4 Å². The molecule has 0 spiro atoms. The van der Waals surface area contributed by atoms with E-state index in [0.29, 0.717) is 18.2 Å². The quantitative estimate of drug-likeness (QED) is 0.901. The molecule has 0 amide bonds. The second-order valence-corrected chi connectivity index (χ2v) is 4.85. The molecule has 2 heterocycles. The summed E-state index contributed by atoms with van der Waals surface area (Å²) in [5.41, 5.74) is 0.842. The van der Waals surface area contributed by atoms with Crippen molar-refractivity contribution >= 4 is 17.3 Å². The monoisotopic (exact) mass is 263 g/mol. The van der Waals surface area contributed by atoms with Gasteiger partial charge in [0.15, 0.2) is 0 Å². The lowest BCUT2D eigenvalue weighted by Gasteiger charge is -2.06. The molecular formula is C13H13NO3S. The van der Waals surface area contributed by atoms with Crippen molar-refractivity contribution in [2.45, 2.75) is 13.3 Å². The van der Waals surface area contributed by atoms with Crippen LogP contribution in [0.5, 0.6) is 5.88 Å². The second-order valence-electron chi connectivity index (χ2n) is 3.82. The third-order valence-corrected chi connectivity index (χ3v) is 3.29. The summed E-state index contributed by atoms with van der Waals surface area (Å²) in [5.74, 6) is -0.604. The molecule has 0 aliphatic carbocycles. The number of ether oxygens (including phenoxy) is 1. The van der Waals surface area contributed by atoms with Crippen LogP contribution in [0.25, 0.3) is 0 Å². The van der Waals surface area contributed by atoms with Gasteiger partial charge in [0, 0.05) is 23.1 Å². The van der Waals surface area contributed by atoms with E-state index in [4.69, 9.17) is 9.84 Å². The highest BCUT2D eigenvalue weighted by atomic mass is 32.1. The first-order chi connectivity index (χ1) is 8.65. The summed E-state index contributed by atoms with van der Waals surface area (Å²) in [4.78, 5) is 16.3. The van der Waals surface area contributed by atoms with Gasteiger partial charge in [0.1, 0.15) is 0 Å². The number of thiophene rings is 1. The molecule has 0 bridgehead atoms. The van der Waals surface area contributed by atoms with Gasteiger partial charge >= 0.3 is 5.97 Å². The number of carboxylic acids is 1. The Hall–Kier alpha value is -1.88. The number of nitrogens with zero attached hydrogens (tertiary/aromatic N) is 1. The van der Waals surface area contributed by atoms with Crippen LogP contribution in [0.15, 0.2) is 29.6 Å². The first kappa shape index (κ1) is 12.6. The normalized spacial score (nSPS) is 10.3. The summed E-state index contributed by atoms with van der Waals surface area (Å²) in [6.07, 6.45) is 0.801. The molecule has 0 saturated carbocycles. The molecule has 0 aromatic carbocycles. The number of carboxylic acid groups (broad SMARTS) is 1. The van der Waals surface area contributed by atoms with E-state index in [9.17, 15) is 4.79 Å². The van der Waals surface area contributed by atoms with Crippen molar-refractivity contribution in [2.75, 3.05) is 6.61 Å². The zero-order valence-electron chi connectivity index (χ0n) is 9.92. The minimum atomic E-state index is -0.969. The van der Waals surface area contributed by atoms with Crippen LogP contribution in [0.1, 0.15) is 20.9 Å². The van der Waals surface area contributed by atoms with Gasteiger partial charge in [-0.15, -0.1) is 11.3 Å². The lowest BCUT2D eigenvalue weighted by Crippen LogP contribution is -2.05. The lowest BCUT2D eigenvalue weighted by molar-refractivity contribution is 0.0696. The van der Waals surface area contributed by atoms with Crippen LogP contribution in [-0.4, -0.2) is 22.7 Å². The summed E-state index contributed by atoms with van der Waals surface area (Å²) in [6, 6.07) is 7.01. The maximum absolute atomic E-state index is 10.9. The lowest BCUT2D eigenvalue weighted by atomic mass is 10.2. The number of pyridine rings is 1. The van der Waals surface area contributed by atoms with Crippen LogP contribution in [0.2, 0.25) is 0 Å². The van der Waals surface area contributed by atoms with E-state index in [-0.39, 0.29) is 5.56 Å². The Kier molecular flexibility index (Phi) is 3.94. The van der Waals surface area contributed by atoms with E-state index in [0.717, 1.165) is 6.42 Å². The van der Waals surface area contributed by atoms with Crippen LogP contribution in [0.3, 0.4) is 0 Å². The number of carbonyl (C=O) groups is 1. The molecule has 2 aromatic heterocycles. The highest BCUT2D eigenvalue weighted by Crippen LogP contribution is 2.14. The second kappa shape index (κ2) is 5.64. The molecule has 0 aliphatic rings. The summed E-state index contributed by atoms with van der Waals surface area (Å²) >= 11 is 1.67. The maximum atomic E-state index is 10.9. The van der Waals surface area contributed by atoms with Crippen LogP contribution in [0, 0.1) is 6.92 Å². The first-order valence-electron chi connectivity index (χ1n) is 5.52. The zero-order chi connectivity index (χ0) is 13.0. The fraction of sp³-hybridized carbons (Fsp3) is 0.231. The molecule has 1 N–H and O–H groups in total. The molecular weight excluding hydrogens is 250 g/mol. The molecule has 2 rings (SSSR count). The Morgan fingerprint density at radius 3 is 3.00 bits per heavy atom. The van der Waals surface area contributed by atoms with Crippen molar-refractivity contribution < 1.29 is 14.6 Å². The van der Waals surface area contributed by atoms with Crippen molar-refractivity contribution in [1.29, 1.82) is 0 Å². The van der Waals surface area contributed by atoms with Gasteiger partial charge in [0.2, 0.25) is 5.88 Å². The van der Waals surface area contributed by atoms with Crippen LogP contribution in [0.4, 0.5) is 0 Å². The maximum Gasteiger partial charge on any atom is 0.335 e.